The Kier molecular flexibility index (Phi) is 10.7. The maximum absolute atomic E-state index is 12.4. The molecule has 166 valence electrons. The van der Waals surface area contributed by atoms with Crippen LogP contribution in [0.5, 0.6) is 0 Å². The van der Waals surface area contributed by atoms with Crippen LogP contribution in [0.2, 0.25) is 0 Å². The van der Waals surface area contributed by atoms with Crippen LogP contribution in [-0.4, -0.2) is 24.6 Å². The molecular formula is C26H38O4. The third-order valence-electron chi connectivity index (χ3n) is 5.90. The predicted molar refractivity (Wildman–Crippen MR) is 120 cm³/mol. The smallest absolute Gasteiger partial charge is 0.338 e. The zero-order valence-electron chi connectivity index (χ0n) is 18.8. The van der Waals surface area contributed by atoms with Crippen LogP contribution in [0.3, 0.4) is 0 Å². The molecule has 4 nitrogen and oxygen atoms in total. The molecule has 0 unspecified atom stereocenters. The van der Waals surface area contributed by atoms with Gasteiger partial charge in [-0.3, -0.25) is 0 Å². The van der Waals surface area contributed by atoms with E-state index in [2.05, 4.69) is 13.5 Å². The van der Waals surface area contributed by atoms with Gasteiger partial charge in [0.15, 0.2) is 0 Å². The van der Waals surface area contributed by atoms with Crippen molar-refractivity contribution in [2.45, 2.75) is 90.6 Å². The van der Waals surface area contributed by atoms with Crippen molar-refractivity contribution < 1.29 is 19.1 Å². The first-order valence-corrected chi connectivity index (χ1v) is 11.6. The van der Waals surface area contributed by atoms with Crippen molar-refractivity contribution in [2.24, 2.45) is 5.92 Å². The van der Waals surface area contributed by atoms with Crippen molar-refractivity contribution in [3.8, 4) is 0 Å². The summed E-state index contributed by atoms with van der Waals surface area (Å²) in [6.45, 7) is 7.92. The minimum Gasteiger partial charge on any atom is -0.462 e. The second-order valence-corrected chi connectivity index (χ2v) is 8.61. The molecule has 4 heteroatoms. The molecule has 0 aromatic heterocycles. The van der Waals surface area contributed by atoms with Crippen LogP contribution in [-0.2, 0) is 20.7 Å². The van der Waals surface area contributed by atoms with Gasteiger partial charge < -0.3 is 9.47 Å². The van der Waals surface area contributed by atoms with Crippen LogP contribution in [0.15, 0.2) is 36.4 Å². The lowest BCUT2D eigenvalue weighted by Gasteiger charge is -2.28. The van der Waals surface area contributed by atoms with Gasteiger partial charge in [0.25, 0.3) is 0 Å². The highest BCUT2D eigenvalue weighted by atomic mass is 16.5. The summed E-state index contributed by atoms with van der Waals surface area (Å²) >= 11 is 0. The van der Waals surface area contributed by atoms with Gasteiger partial charge in [-0.2, -0.15) is 0 Å². The number of ether oxygens (including phenoxy) is 2. The highest BCUT2D eigenvalue weighted by Gasteiger charge is 2.23. The van der Waals surface area contributed by atoms with Gasteiger partial charge in [0.05, 0.1) is 12.2 Å². The van der Waals surface area contributed by atoms with Gasteiger partial charge in [0.1, 0.15) is 6.10 Å². The first-order chi connectivity index (χ1) is 14.5. The summed E-state index contributed by atoms with van der Waals surface area (Å²) in [7, 11) is 0. The Balaban J connectivity index is 1.61. The number of hydrogen-bond acceptors (Lipinski definition) is 4. The van der Waals surface area contributed by atoms with E-state index in [1.165, 1.54) is 31.2 Å². The van der Waals surface area contributed by atoms with E-state index in [4.69, 9.17) is 9.47 Å². The molecule has 0 N–H and O–H groups in total. The zero-order chi connectivity index (χ0) is 21.8. The van der Waals surface area contributed by atoms with Crippen molar-refractivity contribution >= 4 is 11.9 Å². The predicted octanol–water partition coefficient (Wildman–Crippen LogP) is 6.42. The van der Waals surface area contributed by atoms with Gasteiger partial charge in [-0.25, -0.2) is 9.59 Å². The first kappa shape index (κ1) is 24.2. The second kappa shape index (κ2) is 13.3. The fourth-order valence-corrected chi connectivity index (χ4v) is 4.05. The number of hydrogen-bond donors (Lipinski definition) is 0. The number of esters is 2. The van der Waals surface area contributed by atoms with E-state index in [-0.39, 0.29) is 18.0 Å². The monoisotopic (exact) mass is 414 g/mol. The molecule has 1 aliphatic carbocycles. The molecule has 1 saturated carbocycles. The number of unbranched alkanes of at least 4 members (excludes halogenated alkanes) is 3. The van der Waals surface area contributed by atoms with E-state index < -0.39 is 0 Å². The topological polar surface area (TPSA) is 52.6 Å². The van der Waals surface area contributed by atoms with Gasteiger partial charge in [0, 0.05) is 5.57 Å². The summed E-state index contributed by atoms with van der Waals surface area (Å²) in [6, 6.07) is 7.83. The minimum absolute atomic E-state index is 0.0833. The Hall–Kier alpha value is -2.10. The number of carbonyl (C=O) groups is 2. The summed E-state index contributed by atoms with van der Waals surface area (Å²) in [5, 5.41) is 0. The molecule has 0 aliphatic heterocycles. The minimum atomic E-state index is -0.308. The summed E-state index contributed by atoms with van der Waals surface area (Å²) in [4.78, 5) is 23.7. The van der Waals surface area contributed by atoms with Gasteiger partial charge in [-0.15, -0.1) is 0 Å². The number of aryl methyl sites for hydroxylation is 1. The molecule has 0 bridgehead atoms. The molecule has 0 spiro atoms. The van der Waals surface area contributed by atoms with Crippen LogP contribution in [0.4, 0.5) is 0 Å². The van der Waals surface area contributed by atoms with E-state index in [0.717, 1.165) is 50.9 Å². The Morgan fingerprint density at radius 1 is 1.00 bits per heavy atom. The molecular weight excluding hydrogens is 376 g/mol. The third-order valence-corrected chi connectivity index (χ3v) is 5.90. The van der Waals surface area contributed by atoms with Crippen molar-refractivity contribution in [3.63, 3.8) is 0 Å². The van der Waals surface area contributed by atoms with Crippen LogP contribution < -0.4 is 0 Å². The fraction of sp³-hybridized carbons (Fsp3) is 0.615. The summed E-state index contributed by atoms with van der Waals surface area (Å²) in [5.41, 5.74) is 2.33. The zero-order valence-corrected chi connectivity index (χ0v) is 18.8. The van der Waals surface area contributed by atoms with Crippen molar-refractivity contribution in [1.82, 2.24) is 0 Å². The molecule has 1 aromatic carbocycles. The van der Waals surface area contributed by atoms with E-state index in [0.29, 0.717) is 17.7 Å². The lowest BCUT2D eigenvalue weighted by atomic mass is 9.85. The largest absolute Gasteiger partial charge is 0.462 e. The molecule has 0 heterocycles. The van der Waals surface area contributed by atoms with Crippen LogP contribution in [0, 0.1) is 5.92 Å². The quantitative estimate of drug-likeness (QED) is 0.225. The van der Waals surface area contributed by atoms with Gasteiger partial charge >= 0.3 is 11.9 Å². The number of carbonyl (C=O) groups excluding carboxylic acids is 2. The lowest BCUT2D eigenvalue weighted by Crippen LogP contribution is -2.24. The Morgan fingerprint density at radius 2 is 1.67 bits per heavy atom. The van der Waals surface area contributed by atoms with E-state index >= 15 is 0 Å². The van der Waals surface area contributed by atoms with Gasteiger partial charge in [-0.05, 0) is 75.5 Å². The first-order valence-electron chi connectivity index (χ1n) is 11.6. The van der Waals surface area contributed by atoms with E-state index in [1.807, 2.05) is 24.3 Å². The molecule has 0 saturated heterocycles. The summed E-state index contributed by atoms with van der Waals surface area (Å²) < 4.78 is 10.8. The maximum atomic E-state index is 12.4. The van der Waals surface area contributed by atoms with Crippen LogP contribution >= 0.6 is 0 Å². The van der Waals surface area contributed by atoms with Gasteiger partial charge in [0.2, 0.25) is 0 Å². The second-order valence-electron chi connectivity index (χ2n) is 8.61. The molecule has 1 aliphatic rings. The molecule has 1 fully saturated rings. The Bertz CT molecular complexity index is 669. The van der Waals surface area contributed by atoms with E-state index in [1.54, 1.807) is 6.92 Å². The molecule has 0 radical (unpaired) electrons. The molecule has 30 heavy (non-hydrogen) atoms. The van der Waals surface area contributed by atoms with Crippen molar-refractivity contribution in [2.75, 3.05) is 6.61 Å². The normalized spacial score (nSPS) is 18.6. The maximum Gasteiger partial charge on any atom is 0.338 e. The SMILES string of the molecule is C=C(C)C(=O)OCCCCCCc1ccc(C(=O)OC2CCC(CCC)CC2)cc1. The molecule has 2 rings (SSSR count). The average Bonchev–Trinajstić information content (AvgIpc) is 2.74. The van der Waals surface area contributed by atoms with Gasteiger partial charge in [-0.1, -0.05) is 51.3 Å². The molecule has 0 atom stereocenters. The van der Waals surface area contributed by atoms with Crippen LogP contribution in [0.25, 0.3) is 0 Å². The third kappa shape index (κ3) is 8.73. The number of benzene rings is 1. The lowest BCUT2D eigenvalue weighted by molar-refractivity contribution is -0.139. The van der Waals surface area contributed by atoms with Crippen molar-refractivity contribution in [3.05, 3.63) is 47.5 Å². The Morgan fingerprint density at radius 3 is 2.30 bits per heavy atom. The summed E-state index contributed by atoms with van der Waals surface area (Å²) in [5.74, 6) is 0.318. The average molecular weight is 415 g/mol. The fourth-order valence-electron chi connectivity index (χ4n) is 4.05. The Labute approximate surface area is 182 Å². The molecule has 1 aromatic rings. The van der Waals surface area contributed by atoms with E-state index in [9.17, 15) is 9.59 Å². The van der Waals surface area contributed by atoms with Crippen molar-refractivity contribution in [1.29, 1.82) is 0 Å². The van der Waals surface area contributed by atoms with Crippen LogP contribution in [0.1, 0.15) is 94.0 Å². The molecule has 0 amide bonds. The summed E-state index contributed by atoms with van der Waals surface area (Å²) in [6.07, 6.45) is 12.1. The standard InChI is InChI=1S/C26H38O4/c1-4-9-21-13-17-24(18-14-21)30-26(28)23-15-11-22(12-16-23)10-7-5-6-8-19-29-25(27)20(2)3/h11-12,15-16,21,24H,2,4-10,13-14,17-19H2,1,3H3. The highest BCUT2D eigenvalue weighted by molar-refractivity contribution is 5.89. The number of rotatable bonds is 12. The highest BCUT2D eigenvalue weighted by Crippen LogP contribution is 2.29.